The third kappa shape index (κ3) is 3.75. The maximum absolute atomic E-state index is 10.6. The summed E-state index contributed by atoms with van der Waals surface area (Å²) in [7, 11) is 0. The summed E-state index contributed by atoms with van der Waals surface area (Å²) in [5.41, 5.74) is 3.26. The van der Waals surface area contributed by atoms with Gasteiger partial charge in [-0.2, -0.15) is 0 Å². The Labute approximate surface area is 153 Å². The predicted octanol–water partition coefficient (Wildman–Crippen LogP) is 3.94. The number of carbonyl (C=O) groups is 1. The van der Waals surface area contributed by atoms with Crippen molar-refractivity contribution in [1.82, 2.24) is 9.88 Å². The Morgan fingerprint density at radius 3 is 2.58 bits per heavy atom. The van der Waals surface area contributed by atoms with E-state index in [0.717, 1.165) is 60.0 Å². The molecule has 0 aliphatic carbocycles. The van der Waals surface area contributed by atoms with E-state index in [2.05, 4.69) is 34.1 Å². The highest BCUT2D eigenvalue weighted by Gasteiger charge is 2.20. The van der Waals surface area contributed by atoms with Gasteiger partial charge < -0.3 is 9.53 Å². The van der Waals surface area contributed by atoms with Crippen LogP contribution >= 0.6 is 0 Å². The quantitative estimate of drug-likeness (QED) is 0.656. The number of piperidine rings is 1. The molecule has 0 saturated carbocycles. The third-order valence-corrected chi connectivity index (χ3v) is 4.95. The average Bonchev–Trinajstić information content (AvgIpc) is 2.70. The zero-order valence-corrected chi connectivity index (χ0v) is 14.7. The molecule has 0 amide bonds. The molecule has 1 aliphatic rings. The van der Waals surface area contributed by atoms with Crippen molar-refractivity contribution in [3.63, 3.8) is 0 Å². The van der Waals surface area contributed by atoms with Gasteiger partial charge in [0.05, 0.1) is 12.1 Å². The van der Waals surface area contributed by atoms with Crippen LogP contribution in [0.15, 0.2) is 60.8 Å². The zero-order chi connectivity index (χ0) is 17.8. The molecule has 0 atom stereocenters. The summed E-state index contributed by atoms with van der Waals surface area (Å²) >= 11 is 0. The second-order valence-electron chi connectivity index (χ2n) is 6.73. The van der Waals surface area contributed by atoms with Crippen LogP contribution in [0.25, 0.3) is 22.0 Å². The summed E-state index contributed by atoms with van der Waals surface area (Å²) in [6, 6.07) is 18.5. The standard InChI is InChI=1S/C22H22N2O2/c25-14-13-24-11-9-21(10-12-24)26-20-7-5-17(6-8-20)19-15-18-3-1-2-4-22(18)23-16-19/h1-8,14-16,21H,9-13H2. The Morgan fingerprint density at radius 2 is 1.81 bits per heavy atom. The van der Waals surface area contributed by atoms with Crippen molar-refractivity contribution in [2.45, 2.75) is 18.9 Å². The molecule has 0 bridgehead atoms. The first kappa shape index (κ1) is 16.7. The van der Waals surface area contributed by atoms with E-state index in [1.54, 1.807) is 0 Å². The first-order valence-corrected chi connectivity index (χ1v) is 9.10. The lowest BCUT2D eigenvalue weighted by Crippen LogP contribution is -2.39. The normalized spacial score (nSPS) is 15.8. The second-order valence-corrected chi connectivity index (χ2v) is 6.73. The Morgan fingerprint density at radius 1 is 1.04 bits per heavy atom. The number of ether oxygens (including phenoxy) is 1. The van der Waals surface area contributed by atoms with Gasteiger partial charge in [-0.25, -0.2) is 0 Å². The topological polar surface area (TPSA) is 42.4 Å². The summed E-state index contributed by atoms with van der Waals surface area (Å²) in [6.45, 7) is 2.37. The van der Waals surface area contributed by atoms with E-state index in [1.807, 2.05) is 36.5 Å². The van der Waals surface area contributed by atoms with Crippen LogP contribution < -0.4 is 4.74 Å². The highest BCUT2D eigenvalue weighted by molar-refractivity contribution is 5.83. The molecule has 4 nitrogen and oxygen atoms in total. The minimum absolute atomic E-state index is 0.228. The molecule has 132 valence electrons. The fourth-order valence-corrected chi connectivity index (χ4v) is 3.46. The van der Waals surface area contributed by atoms with Gasteiger partial charge in [-0.15, -0.1) is 0 Å². The smallest absolute Gasteiger partial charge is 0.133 e. The van der Waals surface area contributed by atoms with Crippen LogP contribution in [0.2, 0.25) is 0 Å². The van der Waals surface area contributed by atoms with Gasteiger partial charge in [-0.05, 0) is 42.7 Å². The number of carbonyl (C=O) groups excluding carboxylic acids is 1. The number of aromatic nitrogens is 1. The fraction of sp³-hybridized carbons (Fsp3) is 0.273. The average molecular weight is 346 g/mol. The van der Waals surface area contributed by atoms with E-state index >= 15 is 0 Å². The van der Waals surface area contributed by atoms with Crippen molar-refractivity contribution in [1.29, 1.82) is 0 Å². The summed E-state index contributed by atoms with van der Waals surface area (Å²) in [6.07, 6.45) is 5.04. The number of nitrogens with zero attached hydrogens (tertiary/aromatic N) is 2. The molecule has 3 aromatic rings. The summed E-state index contributed by atoms with van der Waals surface area (Å²) in [5, 5.41) is 1.15. The maximum atomic E-state index is 10.6. The highest BCUT2D eigenvalue weighted by Crippen LogP contribution is 2.26. The predicted molar refractivity (Wildman–Crippen MR) is 103 cm³/mol. The second kappa shape index (κ2) is 7.67. The molecule has 4 rings (SSSR count). The lowest BCUT2D eigenvalue weighted by Gasteiger charge is -2.30. The molecule has 0 N–H and O–H groups in total. The van der Waals surface area contributed by atoms with E-state index in [4.69, 9.17) is 4.74 Å². The van der Waals surface area contributed by atoms with Crippen LogP contribution in [0.5, 0.6) is 5.75 Å². The fourth-order valence-electron chi connectivity index (χ4n) is 3.46. The summed E-state index contributed by atoms with van der Waals surface area (Å²) < 4.78 is 6.11. The Bertz CT molecular complexity index is 884. The molecule has 1 saturated heterocycles. The SMILES string of the molecule is O=CCN1CCC(Oc2ccc(-c3cnc4ccccc4c3)cc2)CC1. The summed E-state index contributed by atoms with van der Waals surface area (Å²) in [4.78, 5) is 17.3. The van der Waals surface area contributed by atoms with Crippen molar-refractivity contribution in [3.05, 3.63) is 60.8 Å². The number of aldehydes is 1. The molecule has 0 spiro atoms. The molecule has 2 heterocycles. The molecule has 0 unspecified atom stereocenters. The molecular weight excluding hydrogens is 324 g/mol. The van der Waals surface area contributed by atoms with Crippen LogP contribution in [0.3, 0.4) is 0 Å². The van der Waals surface area contributed by atoms with E-state index < -0.39 is 0 Å². The Balaban J connectivity index is 1.42. The van der Waals surface area contributed by atoms with Crippen molar-refractivity contribution in [2.24, 2.45) is 0 Å². The number of hydrogen-bond donors (Lipinski definition) is 0. The highest BCUT2D eigenvalue weighted by atomic mass is 16.5. The largest absolute Gasteiger partial charge is 0.490 e. The summed E-state index contributed by atoms with van der Waals surface area (Å²) in [5.74, 6) is 0.899. The molecule has 2 aromatic carbocycles. The number of fused-ring (bicyclic) bond motifs is 1. The molecule has 0 radical (unpaired) electrons. The van der Waals surface area contributed by atoms with Crippen LogP contribution in [0, 0.1) is 0 Å². The van der Waals surface area contributed by atoms with Crippen molar-refractivity contribution in [3.8, 4) is 16.9 Å². The van der Waals surface area contributed by atoms with Crippen molar-refractivity contribution in [2.75, 3.05) is 19.6 Å². The monoisotopic (exact) mass is 346 g/mol. The van der Waals surface area contributed by atoms with Crippen LogP contribution in [-0.2, 0) is 4.79 Å². The first-order valence-electron chi connectivity index (χ1n) is 9.10. The number of likely N-dealkylation sites (tertiary alicyclic amines) is 1. The van der Waals surface area contributed by atoms with E-state index in [9.17, 15) is 4.79 Å². The van der Waals surface area contributed by atoms with Gasteiger partial charge in [0.2, 0.25) is 0 Å². The lowest BCUT2D eigenvalue weighted by molar-refractivity contribution is -0.109. The Kier molecular flexibility index (Phi) is 4.93. The van der Waals surface area contributed by atoms with Gasteiger partial charge in [-0.1, -0.05) is 30.3 Å². The zero-order valence-electron chi connectivity index (χ0n) is 14.7. The van der Waals surface area contributed by atoms with Crippen molar-refractivity contribution < 1.29 is 9.53 Å². The number of para-hydroxylation sites is 1. The van der Waals surface area contributed by atoms with E-state index in [1.165, 1.54) is 0 Å². The first-order chi connectivity index (χ1) is 12.8. The number of benzene rings is 2. The van der Waals surface area contributed by atoms with Gasteiger partial charge in [0, 0.05) is 30.2 Å². The van der Waals surface area contributed by atoms with Gasteiger partial charge in [-0.3, -0.25) is 9.88 Å². The molecule has 1 aliphatic heterocycles. The number of pyridine rings is 1. The third-order valence-electron chi connectivity index (χ3n) is 4.95. The number of rotatable bonds is 5. The van der Waals surface area contributed by atoms with Gasteiger partial charge in [0.15, 0.2) is 0 Å². The minimum Gasteiger partial charge on any atom is -0.490 e. The van der Waals surface area contributed by atoms with E-state index in [-0.39, 0.29) is 6.10 Å². The van der Waals surface area contributed by atoms with Gasteiger partial charge >= 0.3 is 0 Å². The molecule has 4 heteroatoms. The van der Waals surface area contributed by atoms with Crippen molar-refractivity contribution >= 4 is 17.2 Å². The molecule has 1 aromatic heterocycles. The van der Waals surface area contributed by atoms with Crippen LogP contribution in [-0.4, -0.2) is 41.9 Å². The lowest BCUT2D eigenvalue weighted by atomic mass is 10.0. The Hall–Kier alpha value is -2.72. The van der Waals surface area contributed by atoms with Crippen LogP contribution in [0.1, 0.15) is 12.8 Å². The minimum atomic E-state index is 0.228. The van der Waals surface area contributed by atoms with Gasteiger partial charge in [0.1, 0.15) is 18.1 Å². The van der Waals surface area contributed by atoms with Crippen LogP contribution in [0.4, 0.5) is 0 Å². The van der Waals surface area contributed by atoms with E-state index in [0.29, 0.717) is 6.54 Å². The number of hydrogen-bond acceptors (Lipinski definition) is 4. The maximum Gasteiger partial charge on any atom is 0.133 e. The molecule has 26 heavy (non-hydrogen) atoms. The molecule has 1 fully saturated rings. The van der Waals surface area contributed by atoms with Gasteiger partial charge in [0.25, 0.3) is 0 Å². The molecular formula is C22H22N2O2.